The van der Waals surface area contributed by atoms with Gasteiger partial charge in [0.1, 0.15) is 0 Å². The molecule has 0 atom stereocenters. The number of allylic oxidation sites excluding steroid dienone is 1. The zero-order valence-electron chi connectivity index (χ0n) is 13.5. The van der Waals surface area contributed by atoms with Crippen molar-refractivity contribution < 1.29 is 19.7 Å². The minimum atomic E-state index is -0.529. The van der Waals surface area contributed by atoms with Gasteiger partial charge < -0.3 is 14.9 Å². The van der Waals surface area contributed by atoms with Gasteiger partial charge in [-0.15, -0.1) is 0 Å². The second-order valence-corrected chi connectivity index (χ2v) is 7.19. The Bertz CT molecular complexity index is 557. The molecule has 1 rings (SSSR count). The van der Waals surface area contributed by atoms with Crippen LogP contribution in [0.15, 0.2) is 29.8 Å². The van der Waals surface area contributed by atoms with Crippen LogP contribution in [-0.4, -0.2) is 16.2 Å². The van der Waals surface area contributed by atoms with Crippen molar-refractivity contribution in [1.29, 1.82) is 0 Å². The third kappa shape index (κ3) is 4.81. The van der Waals surface area contributed by atoms with E-state index in [1.807, 2.05) is 47.6 Å². The topological polar surface area (TPSA) is 66.8 Å². The van der Waals surface area contributed by atoms with Crippen molar-refractivity contribution in [2.45, 2.75) is 41.5 Å². The van der Waals surface area contributed by atoms with E-state index < -0.39 is 17.1 Å². The molecule has 0 spiro atoms. The molecule has 0 amide bonds. The number of rotatable bonds is 2. The van der Waals surface area contributed by atoms with Gasteiger partial charge in [0.25, 0.3) is 0 Å². The van der Waals surface area contributed by atoms with Crippen LogP contribution in [-0.2, 0) is 4.79 Å². The second-order valence-electron chi connectivity index (χ2n) is 7.19. The molecule has 0 fully saturated rings. The molecule has 2 N–H and O–H groups in total. The Morgan fingerprint density at radius 2 is 1.67 bits per heavy atom. The fraction of sp³-hybridized carbons (Fsp3) is 0.471. The molecule has 0 saturated carbocycles. The van der Waals surface area contributed by atoms with E-state index in [9.17, 15) is 15.0 Å². The van der Waals surface area contributed by atoms with Crippen LogP contribution in [0.5, 0.6) is 17.2 Å². The molecule has 4 heteroatoms. The van der Waals surface area contributed by atoms with E-state index in [-0.39, 0.29) is 16.9 Å². The van der Waals surface area contributed by atoms with E-state index in [1.165, 1.54) is 18.2 Å². The van der Waals surface area contributed by atoms with Crippen LogP contribution >= 0.6 is 0 Å². The first-order valence-electron chi connectivity index (χ1n) is 6.88. The largest absolute Gasteiger partial charge is 0.504 e. The summed E-state index contributed by atoms with van der Waals surface area (Å²) >= 11 is 0. The summed E-state index contributed by atoms with van der Waals surface area (Å²) in [5.74, 6) is -1.34. The van der Waals surface area contributed by atoms with Gasteiger partial charge in [-0.25, -0.2) is 4.79 Å². The number of para-hydroxylation sites is 1. The van der Waals surface area contributed by atoms with Crippen LogP contribution < -0.4 is 4.74 Å². The Balaban J connectivity index is 3.14. The van der Waals surface area contributed by atoms with Gasteiger partial charge in [-0.3, -0.25) is 0 Å². The molecule has 1 aromatic carbocycles. The van der Waals surface area contributed by atoms with Crippen molar-refractivity contribution in [3.8, 4) is 17.2 Å². The Hall–Kier alpha value is -1.97. The molecule has 0 saturated heterocycles. The van der Waals surface area contributed by atoms with E-state index in [0.717, 1.165) is 0 Å². The molecule has 0 bridgehead atoms. The molecule has 0 aliphatic rings. The Kier molecular flexibility index (Phi) is 4.72. The van der Waals surface area contributed by atoms with Gasteiger partial charge in [0.15, 0.2) is 11.5 Å². The number of carbonyl (C=O) groups excluding carboxylic acids is 1. The Morgan fingerprint density at radius 1 is 1.10 bits per heavy atom. The fourth-order valence-electron chi connectivity index (χ4n) is 1.76. The molecule has 4 nitrogen and oxygen atoms in total. The molecule has 0 radical (unpaired) electrons. The highest BCUT2D eigenvalue weighted by molar-refractivity contribution is 5.92. The molecule has 116 valence electrons. The predicted octanol–water partition coefficient (Wildman–Crippen LogP) is 4.02. The highest BCUT2D eigenvalue weighted by Gasteiger charge is 2.28. The molecule has 1 aromatic rings. The van der Waals surface area contributed by atoms with Gasteiger partial charge in [0.05, 0.1) is 0 Å². The van der Waals surface area contributed by atoms with Crippen LogP contribution in [0.1, 0.15) is 41.5 Å². The first kappa shape index (κ1) is 17.1. The lowest BCUT2D eigenvalue weighted by Crippen LogP contribution is -2.24. The molecule has 0 aromatic heterocycles. The van der Waals surface area contributed by atoms with Gasteiger partial charge in [-0.05, 0) is 23.0 Å². The first-order chi connectivity index (χ1) is 9.42. The zero-order chi connectivity index (χ0) is 16.4. The van der Waals surface area contributed by atoms with Crippen molar-refractivity contribution in [2.24, 2.45) is 10.8 Å². The van der Waals surface area contributed by atoms with Crippen LogP contribution in [0.4, 0.5) is 0 Å². The smallest absolute Gasteiger partial charge is 0.339 e. The minimum Gasteiger partial charge on any atom is -0.504 e. The van der Waals surface area contributed by atoms with Crippen LogP contribution in [0.3, 0.4) is 0 Å². The fourth-order valence-corrected chi connectivity index (χ4v) is 1.76. The van der Waals surface area contributed by atoms with E-state index in [0.29, 0.717) is 5.57 Å². The van der Waals surface area contributed by atoms with E-state index >= 15 is 0 Å². The highest BCUT2D eigenvalue weighted by atomic mass is 16.5. The third-order valence-corrected chi connectivity index (χ3v) is 2.79. The molecular weight excluding hydrogens is 268 g/mol. The summed E-state index contributed by atoms with van der Waals surface area (Å²) in [6, 6.07) is 4.26. The van der Waals surface area contributed by atoms with Crippen molar-refractivity contribution in [3.05, 3.63) is 29.8 Å². The number of aromatic hydroxyl groups is 2. The van der Waals surface area contributed by atoms with Crippen molar-refractivity contribution >= 4 is 5.97 Å². The number of hydrogen-bond donors (Lipinski definition) is 2. The SMILES string of the molecule is CC(C)(C)/C=C(\C(=O)Oc1cccc(O)c1O)C(C)(C)C. The lowest BCUT2D eigenvalue weighted by atomic mass is 9.81. The summed E-state index contributed by atoms with van der Waals surface area (Å²) in [5, 5.41) is 19.2. The average Bonchev–Trinajstić information content (AvgIpc) is 2.29. The van der Waals surface area contributed by atoms with E-state index in [1.54, 1.807) is 0 Å². The number of benzene rings is 1. The number of hydrogen-bond acceptors (Lipinski definition) is 4. The first-order valence-corrected chi connectivity index (χ1v) is 6.88. The maximum Gasteiger partial charge on any atom is 0.339 e. The lowest BCUT2D eigenvalue weighted by molar-refractivity contribution is -0.131. The average molecular weight is 292 g/mol. The molecule has 0 heterocycles. The van der Waals surface area contributed by atoms with E-state index in [4.69, 9.17) is 4.74 Å². The van der Waals surface area contributed by atoms with Gasteiger partial charge >= 0.3 is 5.97 Å². The minimum absolute atomic E-state index is 0.0518. The Morgan fingerprint density at radius 3 is 2.14 bits per heavy atom. The van der Waals surface area contributed by atoms with E-state index in [2.05, 4.69) is 0 Å². The lowest BCUT2D eigenvalue weighted by Gasteiger charge is -2.25. The number of phenols is 2. The number of esters is 1. The normalized spacial score (nSPS) is 13.1. The van der Waals surface area contributed by atoms with Crippen LogP contribution in [0.25, 0.3) is 0 Å². The third-order valence-electron chi connectivity index (χ3n) is 2.79. The molecule has 0 aliphatic carbocycles. The number of ether oxygens (including phenoxy) is 1. The van der Waals surface area contributed by atoms with Crippen molar-refractivity contribution in [3.63, 3.8) is 0 Å². The highest BCUT2D eigenvalue weighted by Crippen LogP contribution is 2.37. The van der Waals surface area contributed by atoms with Gasteiger partial charge in [0.2, 0.25) is 5.75 Å². The number of phenolic OH excluding ortho intramolecular Hbond substituents is 2. The molecule has 21 heavy (non-hydrogen) atoms. The summed E-state index contributed by atoms with van der Waals surface area (Å²) in [4.78, 5) is 12.4. The van der Waals surface area contributed by atoms with Gasteiger partial charge in [0, 0.05) is 5.57 Å². The summed E-state index contributed by atoms with van der Waals surface area (Å²) < 4.78 is 5.24. The molecule has 0 aliphatic heterocycles. The zero-order valence-corrected chi connectivity index (χ0v) is 13.5. The summed E-state index contributed by atoms with van der Waals surface area (Å²) in [7, 11) is 0. The predicted molar refractivity (Wildman–Crippen MR) is 82.4 cm³/mol. The summed E-state index contributed by atoms with van der Waals surface area (Å²) in [5.41, 5.74) is -0.0444. The van der Waals surface area contributed by atoms with Crippen molar-refractivity contribution in [1.82, 2.24) is 0 Å². The molecular formula is C17H24O4. The van der Waals surface area contributed by atoms with Crippen LogP contribution in [0.2, 0.25) is 0 Å². The maximum absolute atomic E-state index is 12.4. The monoisotopic (exact) mass is 292 g/mol. The maximum atomic E-state index is 12.4. The van der Waals surface area contributed by atoms with Crippen LogP contribution in [0, 0.1) is 10.8 Å². The molecule has 0 unspecified atom stereocenters. The second kappa shape index (κ2) is 5.80. The quantitative estimate of drug-likeness (QED) is 0.374. The van der Waals surface area contributed by atoms with Gasteiger partial charge in [-0.1, -0.05) is 53.7 Å². The van der Waals surface area contributed by atoms with Crippen molar-refractivity contribution in [2.75, 3.05) is 0 Å². The number of carbonyl (C=O) groups is 1. The Labute approximate surface area is 126 Å². The standard InChI is InChI=1S/C17H24O4/c1-16(2,3)10-11(17(4,5)6)15(20)21-13-9-7-8-12(18)14(13)19/h7-10,18-19H,1-6H3/b11-10+. The van der Waals surface area contributed by atoms with Gasteiger partial charge in [-0.2, -0.15) is 0 Å². The summed E-state index contributed by atoms with van der Waals surface area (Å²) in [6.07, 6.45) is 1.87. The summed E-state index contributed by atoms with van der Waals surface area (Å²) in [6.45, 7) is 11.8.